The van der Waals surface area contributed by atoms with Crippen LogP contribution in [0.3, 0.4) is 0 Å². The highest BCUT2D eigenvalue weighted by molar-refractivity contribution is 14.0. The molecule has 0 amide bonds. The van der Waals surface area contributed by atoms with Crippen LogP contribution in [0.2, 0.25) is 5.02 Å². The van der Waals surface area contributed by atoms with E-state index in [0.717, 1.165) is 55.9 Å². The van der Waals surface area contributed by atoms with Gasteiger partial charge in [-0.05, 0) is 36.8 Å². The first kappa shape index (κ1) is 21.9. The lowest BCUT2D eigenvalue weighted by Crippen LogP contribution is -2.48. The van der Waals surface area contributed by atoms with Crippen LogP contribution < -0.4 is 10.6 Å². The summed E-state index contributed by atoms with van der Waals surface area (Å²) in [5, 5.41) is 7.63. The van der Waals surface area contributed by atoms with E-state index in [1.807, 2.05) is 30.9 Å². The fourth-order valence-electron chi connectivity index (χ4n) is 2.89. The molecule has 7 heteroatoms. The molecule has 24 heavy (non-hydrogen) atoms. The van der Waals surface area contributed by atoms with Crippen LogP contribution >= 0.6 is 47.3 Å². The quantitative estimate of drug-likeness (QED) is 0.281. The maximum Gasteiger partial charge on any atom is 0.191 e. The number of thioether (sulfide) groups is 1. The lowest BCUT2D eigenvalue weighted by Gasteiger charge is -2.38. The maximum absolute atomic E-state index is 6.21. The van der Waals surface area contributed by atoms with Crippen molar-refractivity contribution in [3.8, 4) is 0 Å². The molecule has 0 unspecified atom stereocenters. The van der Waals surface area contributed by atoms with Gasteiger partial charge in [-0.3, -0.25) is 4.99 Å². The summed E-state index contributed by atoms with van der Waals surface area (Å²) in [4.78, 5) is 4.31. The number of nitrogens with one attached hydrogen (secondary N) is 2. The SMILES string of the molecule is CN=C(NCCSC)NCC1(c2cccc(Cl)c2)CCOCC1.I. The molecular weight excluding hydrogens is 457 g/mol. The second kappa shape index (κ2) is 11.4. The predicted molar refractivity (Wildman–Crippen MR) is 116 cm³/mol. The third-order valence-electron chi connectivity index (χ3n) is 4.30. The molecule has 2 N–H and O–H groups in total. The average Bonchev–Trinajstić information content (AvgIpc) is 2.59. The summed E-state index contributed by atoms with van der Waals surface area (Å²) in [5.41, 5.74) is 1.32. The van der Waals surface area contributed by atoms with Gasteiger partial charge in [-0.15, -0.1) is 24.0 Å². The number of ether oxygens (including phenoxy) is 1. The largest absolute Gasteiger partial charge is 0.381 e. The van der Waals surface area contributed by atoms with E-state index in [2.05, 4.69) is 34.0 Å². The van der Waals surface area contributed by atoms with Crippen molar-refractivity contribution in [2.75, 3.05) is 45.4 Å². The van der Waals surface area contributed by atoms with Gasteiger partial charge in [0.05, 0.1) is 0 Å². The molecule has 1 aliphatic heterocycles. The molecule has 0 saturated carbocycles. The Bertz CT molecular complexity index is 524. The van der Waals surface area contributed by atoms with E-state index >= 15 is 0 Å². The number of halogens is 2. The van der Waals surface area contributed by atoms with E-state index in [1.165, 1.54) is 5.56 Å². The molecule has 0 atom stereocenters. The minimum absolute atomic E-state index is 0. The van der Waals surface area contributed by atoms with Crippen molar-refractivity contribution < 1.29 is 4.74 Å². The van der Waals surface area contributed by atoms with E-state index < -0.39 is 0 Å². The van der Waals surface area contributed by atoms with Crippen molar-refractivity contribution in [2.45, 2.75) is 18.3 Å². The monoisotopic (exact) mass is 483 g/mol. The highest BCUT2D eigenvalue weighted by Crippen LogP contribution is 2.35. The van der Waals surface area contributed by atoms with Gasteiger partial charge in [0.15, 0.2) is 5.96 Å². The molecule has 4 nitrogen and oxygen atoms in total. The number of rotatable bonds is 6. The van der Waals surface area contributed by atoms with Crippen LogP contribution in [0.5, 0.6) is 0 Å². The number of aliphatic imine (C=N–C) groups is 1. The zero-order chi connectivity index (χ0) is 16.5. The van der Waals surface area contributed by atoms with Gasteiger partial charge in [-0.25, -0.2) is 0 Å². The summed E-state index contributed by atoms with van der Waals surface area (Å²) < 4.78 is 5.58. The molecule has 1 aliphatic rings. The van der Waals surface area contributed by atoms with Crippen LogP contribution in [-0.4, -0.2) is 51.3 Å². The van der Waals surface area contributed by atoms with Gasteiger partial charge < -0.3 is 15.4 Å². The summed E-state index contributed by atoms with van der Waals surface area (Å²) >= 11 is 8.03. The molecule has 0 bridgehead atoms. The summed E-state index contributed by atoms with van der Waals surface area (Å²) in [6.07, 6.45) is 4.08. The van der Waals surface area contributed by atoms with Crippen molar-refractivity contribution in [3.63, 3.8) is 0 Å². The normalized spacial score (nSPS) is 17.0. The third kappa shape index (κ3) is 6.28. The fraction of sp³-hybridized carbons (Fsp3) is 0.588. The first-order chi connectivity index (χ1) is 11.2. The Morgan fingerprint density at radius 2 is 2.08 bits per heavy atom. The van der Waals surface area contributed by atoms with Crippen molar-refractivity contribution in [1.29, 1.82) is 0 Å². The number of nitrogens with zero attached hydrogens (tertiary/aromatic N) is 1. The number of benzene rings is 1. The second-order valence-electron chi connectivity index (χ2n) is 5.75. The third-order valence-corrected chi connectivity index (χ3v) is 5.15. The predicted octanol–water partition coefficient (Wildman–Crippen LogP) is 3.53. The summed E-state index contributed by atoms with van der Waals surface area (Å²) in [6, 6.07) is 8.20. The maximum atomic E-state index is 6.21. The van der Waals surface area contributed by atoms with Crippen LogP contribution in [0.15, 0.2) is 29.3 Å². The van der Waals surface area contributed by atoms with Gasteiger partial charge in [-0.2, -0.15) is 11.8 Å². The van der Waals surface area contributed by atoms with E-state index in [0.29, 0.717) is 0 Å². The van der Waals surface area contributed by atoms with Crippen molar-refractivity contribution in [3.05, 3.63) is 34.9 Å². The van der Waals surface area contributed by atoms with Gasteiger partial charge in [0.1, 0.15) is 0 Å². The van der Waals surface area contributed by atoms with Gasteiger partial charge >= 0.3 is 0 Å². The number of hydrogen-bond donors (Lipinski definition) is 2. The van der Waals surface area contributed by atoms with Crippen LogP contribution in [0.4, 0.5) is 0 Å². The molecule has 0 spiro atoms. The fourth-order valence-corrected chi connectivity index (χ4v) is 3.39. The Labute approximate surface area is 171 Å². The number of hydrogen-bond acceptors (Lipinski definition) is 3. The van der Waals surface area contributed by atoms with Crippen molar-refractivity contribution in [2.24, 2.45) is 4.99 Å². The van der Waals surface area contributed by atoms with Crippen LogP contribution in [0, 0.1) is 0 Å². The Balaban J connectivity index is 0.00000288. The zero-order valence-corrected chi connectivity index (χ0v) is 18.2. The van der Waals surface area contributed by atoms with E-state index in [9.17, 15) is 0 Å². The molecular formula is C17H27ClIN3OS. The van der Waals surface area contributed by atoms with Gasteiger partial charge in [0.2, 0.25) is 0 Å². The first-order valence-corrected chi connectivity index (χ1v) is 9.75. The minimum Gasteiger partial charge on any atom is -0.381 e. The van der Waals surface area contributed by atoms with E-state index in [1.54, 1.807) is 0 Å². The minimum atomic E-state index is 0. The van der Waals surface area contributed by atoms with Gasteiger partial charge in [0, 0.05) is 49.5 Å². The van der Waals surface area contributed by atoms with E-state index in [-0.39, 0.29) is 29.4 Å². The highest BCUT2D eigenvalue weighted by Gasteiger charge is 2.34. The van der Waals surface area contributed by atoms with Crippen LogP contribution in [0.25, 0.3) is 0 Å². The van der Waals surface area contributed by atoms with Gasteiger partial charge in [-0.1, -0.05) is 23.7 Å². The highest BCUT2D eigenvalue weighted by atomic mass is 127. The molecule has 1 aromatic carbocycles. The Morgan fingerprint density at radius 1 is 1.33 bits per heavy atom. The van der Waals surface area contributed by atoms with E-state index in [4.69, 9.17) is 16.3 Å². The Hall–Kier alpha value is -0.180. The molecule has 2 rings (SSSR count). The lowest BCUT2D eigenvalue weighted by atomic mass is 9.74. The lowest BCUT2D eigenvalue weighted by molar-refractivity contribution is 0.0514. The summed E-state index contributed by atoms with van der Waals surface area (Å²) in [5.74, 6) is 1.92. The molecule has 136 valence electrons. The molecule has 0 aromatic heterocycles. The Kier molecular flexibility index (Phi) is 10.4. The molecule has 0 radical (unpaired) electrons. The summed E-state index contributed by atoms with van der Waals surface area (Å²) in [6.45, 7) is 3.31. The van der Waals surface area contributed by atoms with Crippen LogP contribution in [0.1, 0.15) is 18.4 Å². The molecule has 1 aromatic rings. The zero-order valence-electron chi connectivity index (χ0n) is 14.3. The van der Waals surface area contributed by atoms with Crippen molar-refractivity contribution in [1.82, 2.24) is 10.6 Å². The van der Waals surface area contributed by atoms with Gasteiger partial charge in [0.25, 0.3) is 0 Å². The van der Waals surface area contributed by atoms with Crippen LogP contribution in [-0.2, 0) is 10.2 Å². The Morgan fingerprint density at radius 3 is 2.71 bits per heavy atom. The molecule has 0 aliphatic carbocycles. The molecule has 1 saturated heterocycles. The second-order valence-corrected chi connectivity index (χ2v) is 7.17. The first-order valence-electron chi connectivity index (χ1n) is 7.97. The smallest absolute Gasteiger partial charge is 0.191 e. The topological polar surface area (TPSA) is 45.7 Å². The molecule has 1 heterocycles. The number of guanidine groups is 1. The molecule has 1 fully saturated rings. The average molecular weight is 484 g/mol. The van der Waals surface area contributed by atoms with Crippen molar-refractivity contribution >= 4 is 53.3 Å². The summed E-state index contributed by atoms with van der Waals surface area (Å²) in [7, 11) is 1.81. The standard InChI is InChI=1S/C17H26ClN3OS.HI/c1-19-16(20-8-11-23-2)21-13-17(6-9-22-10-7-17)14-4-3-5-15(18)12-14;/h3-5,12H,6-11,13H2,1-2H3,(H2,19,20,21);1H.